The van der Waals surface area contributed by atoms with E-state index in [1.165, 1.54) is 12.1 Å². The Morgan fingerprint density at radius 3 is 2.89 bits per heavy atom. The molecule has 6 nitrogen and oxygen atoms in total. The minimum absolute atomic E-state index is 0.0216. The van der Waals surface area contributed by atoms with Crippen molar-refractivity contribution in [3.63, 3.8) is 0 Å². The van der Waals surface area contributed by atoms with Crippen LogP contribution in [0.15, 0.2) is 48.8 Å². The molecule has 2 aromatic rings. The van der Waals surface area contributed by atoms with Crippen LogP contribution in [0.2, 0.25) is 0 Å². The van der Waals surface area contributed by atoms with Gasteiger partial charge in [0.25, 0.3) is 5.91 Å². The lowest BCUT2D eigenvalue weighted by Crippen LogP contribution is -2.42. The normalized spacial score (nSPS) is 16.5. The first kappa shape index (κ1) is 19.8. The van der Waals surface area contributed by atoms with Crippen LogP contribution in [-0.2, 0) is 9.59 Å². The molecule has 1 atom stereocenters. The van der Waals surface area contributed by atoms with E-state index in [1.54, 1.807) is 41.6 Å². The van der Waals surface area contributed by atoms with E-state index < -0.39 is 5.82 Å². The van der Waals surface area contributed by atoms with Gasteiger partial charge in [-0.3, -0.25) is 14.6 Å². The molecule has 2 amide bonds. The van der Waals surface area contributed by atoms with E-state index >= 15 is 0 Å². The summed E-state index contributed by atoms with van der Waals surface area (Å²) in [5.41, 5.74) is 0.195. The van der Waals surface area contributed by atoms with Crippen molar-refractivity contribution in [3.8, 4) is 5.75 Å². The summed E-state index contributed by atoms with van der Waals surface area (Å²) in [4.78, 5) is 30.2. The van der Waals surface area contributed by atoms with Crippen molar-refractivity contribution in [2.75, 3.05) is 25.0 Å². The third-order valence-corrected chi connectivity index (χ3v) is 4.80. The standard InChI is InChI=1S/C21H24FN3O3/c22-18-7-1-2-8-19(18)24-20(26)10-9-16-5-4-12-25(14-16)21(27)15-28-17-6-3-11-23-13-17/h1-3,6-8,11,13,16H,4-5,9-10,12,14-15H2,(H,24,26). The number of hydrogen-bond acceptors (Lipinski definition) is 4. The number of rotatable bonds is 7. The second-order valence-corrected chi connectivity index (χ2v) is 6.89. The van der Waals surface area contributed by atoms with E-state index in [0.717, 1.165) is 12.8 Å². The highest BCUT2D eigenvalue weighted by Crippen LogP contribution is 2.22. The smallest absolute Gasteiger partial charge is 0.260 e. The van der Waals surface area contributed by atoms with Crippen LogP contribution in [-0.4, -0.2) is 41.4 Å². The number of aromatic nitrogens is 1. The summed E-state index contributed by atoms with van der Waals surface area (Å²) in [5.74, 6) is 0.0911. The van der Waals surface area contributed by atoms with Crippen LogP contribution in [0, 0.1) is 11.7 Å². The molecule has 0 radical (unpaired) electrons. The SMILES string of the molecule is O=C(CCC1CCCN(C(=O)COc2cccnc2)C1)Nc1ccccc1F. The Kier molecular flexibility index (Phi) is 6.94. The van der Waals surface area contributed by atoms with Crippen molar-refractivity contribution in [1.29, 1.82) is 0 Å². The number of piperidine rings is 1. The predicted octanol–water partition coefficient (Wildman–Crippen LogP) is 3.26. The van der Waals surface area contributed by atoms with Crippen LogP contribution >= 0.6 is 0 Å². The van der Waals surface area contributed by atoms with Crippen molar-refractivity contribution in [3.05, 3.63) is 54.6 Å². The lowest BCUT2D eigenvalue weighted by atomic mass is 9.93. The maximum absolute atomic E-state index is 13.6. The molecular formula is C21H24FN3O3. The van der Waals surface area contributed by atoms with Crippen molar-refractivity contribution < 1.29 is 18.7 Å². The number of nitrogens with zero attached hydrogens (tertiary/aromatic N) is 2. The molecule has 0 saturated carbocycles. The van der Waals surface area contributed by atoms with Crippen LogP contribution in [0.4, 0.5) is 10.1 Å². The van der Waals surface area contributed by atoms with Gasteiger partial charge in [0, 0.05) is 25.7 Å². The number of para-hydroxylation sites is 1. The first-order valence-corrected chi connectivity index (χ1v) is 9.47. The summed E-state index contributed by atoms with van der Waals surface area (Å²) in [7, 11) is 0. The summed E-state index contributed by atoms with van der Waals surface area (Å²) in [6, 6.07) is 9.62. The Labute approximate surface area is 163 Å². The molecule has 0 spiro atoms. The lowest BCUT2D eigenvalue weighted by Gasteiger charge is -2.32. The number of likely N-dealkylation sites (tertiary alicyclic amines) is 1. The summed E-state index contributed by atoms with van der Waals surface area (Å²) >= 11 is 0. The van der Waals surface area contributed by atoms with E-state index in [2.05, 4.69) is 10.3 Å². The quantitative estimate of drug-likeness (QED) is 0.794. The van der Waals surface area contributed by atoms with Crippen molar-refractivity contribution in [2.24, 2.45) is 5.92 Å². The molecule has 1 aromatic heterocycles. The average Bonchev–Trinajstić information content (AvgIpc) is 2.73. The molecule has 1 saturated heterocycles. The summed E-state index contributed by atoms with van der Waals surface area (Å²) in [6.07, 6.45) is 6.05. The number of benzene rings is 1. The Hall–Kier alpha value is -2.96. The second kappa shape index (κ2) is 9.82. The number of halogens is 1. The Bertz CT molecular complexity index is 800. The monoisotopic (exact) mass is 385 g/mol. The molecular weight excluding hydrogens is 361 g/mol. The number of carbonyl (C=O) groups is 2. The van der Waals surface area contributed by atoms with E-state index in [4.69, 9.17) is 4.74 Å². The highest BCUT2D eigenvalue weighted by atomic mass is 19.1. The van der Waals surface area contributed by atoms with Gasteiger partial charge in [0.1, 0.15) is 11.6 Å². The van der Waals surface area contributed by atoms with Crippen LogP contribution in [0.5, 0.6) is 5.75 Å². The third kappa shape index (κ3) is 5.77. The number of hydrogen-bond donors (Lipinski definition) is 1. The first-order valence-electron chi connectivity index (χ1n) is 9.47. The Morgan fingerprint density at radius 2 is 2.11 bits per heavy atom. The minimum Gasteiger partial charge on any atom is -0.482 e. The fraction of sp³-hybridized carbons (Fsp3) is 0.381. The molecule has 1 aliphatic heterocycles. The molecule has 148 valence electrons. The molecule has 1 N–H and O–H groups in total. The first-order chi connectivity index (χ1) is 13.6. The van der Waals surface area contributed by atoms with Gasteiger partial charge in [-0.1, -0.05) is 12.1 Å². The molecule has 1 aliphatic rings. The zero-order valence-electron chi connectivity index (χ0n) is 15.6. The van der Waals surface area contributed by atoms with E-state index in [-0.39, 0.29) is 30.0 Å². The van der Waals surface area contributed by atoms with Gasteiger partial charge < -0.3 is 15.0 Å². The topological polar surface area (TPSA) is 71.5 Å². The zero-order valence-corrected chi connectivity index (χ0v) is 15.6. The molecule has 1 aromatic carbocycles. The minimum atomic E-state index is -0.445. The largest absolute Gasteiger partial charge is 0.482 e. The van der Waals surface area contributed by atoms with Gasteiger partial charge in [-0.05, 0) is 49.4 Å². The molecule has 28 heavy (non-hydrogen) atoms. The number of anilines is 1. The van der Waals surface area contributed by atoms with Gasteiger partial charge in [0.15, 0.2) is 6.61 Å². The van der Waals surface area contributed by atoms with Gasteiger partial charge in [-0.2, -0.15) is 0 Å². The van der Waals surface area contributed by atoms with Crippen LogP contribution < -0.4 is 10.1 Å². The highest BCUT2D eigenvalue weighted by molar-refractivity contribution is 5.90. The molecule has 0 aliphatic carbocycles. The van der Waals surface area contributed by atoms with E-state index in [9.17, 15) is 14.0 Å². The van der Waals surface area contributed by atoms with Gasteiger partial charge in [-0.25, -0.2) is 4.39 Å². The van der Waals surface area contributed by atoms with E-state index in [0.29, 0.717) is 31.7 Å². The fourth-order valence-electron chi connectivity index (χ4n) is 3.31. The van der Waals surface area contributed by atoms with Gasteiger partial charge in [0.2, 0.25) is 5.91 Å². The number of ether oxygens (including phenoxy) is 1. The van der Waals surface area contributed by atoms with E-state index in [1.807, 2.05) is 0 Å². The maximum atomic E-state index is 13.6. The molecule has 2 heterocycles. The van der Waals surface area contributed by atoms with Crippen molar-refractivity contribution in [2.45, 2.75) is 25.7 Å². The molecule has 1 fully saturated rings. The maximum Gasteiger partial charge on any atom is 0.260 e. The third-order valence-electron chi connectivity index (χ3n) is 4.80. The summed E-state index contributed by atoms with van der Waals surface area (Å²) in [5, 5.41) is 2.60. The van der Waals surface area contributed by atoms with Crippen molar-refractivity contribution >= 4 is 17.5 Å². The average molecular weight is 385 g/mol. The summed E-state index contributed by atoms with van der Waals surface area (Å²) in [6.45, 7) is 1.29. The van der Waals surface area contributed by atoms with Crippen molar-refractivity contribution in [1.82, 2.24) is 9.88 Å². The van der Waals surface area contributed by atoms with Gasteiger partial charge >= 0.3 is 0 Å². The van der Waals surface area contributed by atoms with Crippen LogP contribution in [0.3, 0.4) is 0 Å². The molecule has 0 bridgehead atoms. The molecule has 1 unspecified atom stereocenters. The fourth-order valence-corrected chi connectivity index (χ4v) is 3.31. The Balaban J connectivity index is 1.42. The number of nitrogens with one attached hydrogen (secondary N) is 1. The van der Waals surface area contributed by atoms with Crippen LogP contribution in [0.25, 0.3) is 0 Å². The number of pyridine rings is 1. The zero-order chi connectivity index (χ0) is 19.8. The summed E-state index contributed by atoms with van der Waals surface area (Å²) < 4.78 is 19.1. The predicted molar refractivity (Wildman–Crippen MR) is 103 cm³/mol. The molecule has 3 rings (SSSR count). The Morgan fingerprint density at radius 1 is 1.25 bits per heavy atom. The highest BCUT2D eigenvalue weighted by Gasteiger charge is 2.24. The molecule has 7 heteroatoms. The number of amides is 2. The van der Waals surface area contributed by atoms with Crippen LogP contribution in [0.1, 0.15) is 25.7 Å². The number of carbonyl (C=O) groups excluding carboxylic acids is 2. The van der Waals surface area contributed by atoms with Gasteiger partial charge in [0.05, 0.1) is 11.9 Å². The lowest BCUT2D eigenvalue weighted by molar-refractivity contribution is -0.135. The second-order valence-electron chi connectivity index (χ2n) is 6.89. The van der Waals surface area contributed by atoms with Gasteiger partial charge in [-0.15, -0.1) is 0 Å².